The van der Waals surface area contributed by atoms with E-state index in [1.54, 1.807) is 19.1 Å². The zero-order valence-electron chi connectivity index (χ0n) is 10.6. The summed E-state index contributed by atoms with van der Waals surface area (Å²) in [7, 11) is 1.46. The van der Waals surface area contributed by atoms with E-state index in [0.717, 1.165) is 0 Å². The minimum atomic E-state index is 0.0379. The number of benzene rings is 1. The fourth-order valence-electron chi connectivity index (χ4n) is 1.40. The molecule has 104 valence electrons. The van der Waals surface area contributed by atoms with E-state index < -0.39 is 0 Å². The zero-order valence-corrected chi connectivity index (χ0v) is 13.0. The third-order valence-electron chi connectivity index (χ3n) is 2.27. The lowest BCUT2D eigenvalue weighted by molar-refractivity contribution is 0.377. The molecule has 1 aromatic carbocycles. The molecule has 2 rings (SSSR count). The summed E-state index contributed by atoms with van der Waals surface area (Å²) in [6.07, 6.45) is 1.42. The van der Waals surface area contributed by atoms with Crippen LogP contribution in [0.1, 0.15) is 11.4 Å². The first kappa shape index (κ1) is 14.7. The van der Waals surface area contributed by atoms with Crippen molar-refractivity contribution in [3.8, 4) is 11.8 Å². The Morgan fingerprint density at radius 2 is 2.10 bits per heavy atom. The summed E-state index contributed by atoms with van der Waals surface area (Å²) in [6.45, 7) is 1.71. The molecule has 1 heterocycles. The summed E-state index contributed by atoms with van der Waals surface area (Å²) in [5.41, 5.74) is 0.446. The number of halogens is 2. The highest BCUT2D eigenvalue weighted by Crippen LogP contribution is 2.30. The Morgan fingerprint density at radius 1 is 1.35 bits per heavy atom. The van der Waals surface area contributed by atoms with E-state index in [2.05, 4.69) is 35.9 Å². The van der Waals surface area contributed by atoms with Gasteiger partial charge in [0.05, 0.1) is 11.6 Å². The summed E-state index contributed by atoms with van der Waals surface area (Å²) in [5, 5.41) is 10.4. The van der Waals surface area contributed by atoms with Crippen molar-refractivity contribution >= 4 is 39.7 Å². The molecule has 0 radical (unpaired) electrons. The Labute approximate surface area is 128 Å². The molecular formula is C12H10BrClN4O2. The molecule has 1 aromatic heterocycles. The molecule has 0 saturated heterocycles. The topological polar surface area (TPSA) is 80.5 Å². The molecular weight excluding hydrogens is 348 g/mol. The van der Waals surface area contributed by atoms with Gasteiger partial charge in [-0.05, 0) is 35.0 Å². The van der Waals surface area contributed by atoms with Gasteiger partial charge in [-0.25, -0.2) is 4.99 Å². The molecule has 0 amide bonds. The number of phenolic OH excluding ortho intramolecular Hbond substituents is 1. The predicted octanol–water partition coefficient (Wildman–Crippen LogP) is 3.06. The molecule has 0 aliphatic heterocycles. The van der Waals surface area contributed by atoms with E-state index >= 15 is 0 Å². The SMILES string of the molecule is COc1nc(C)nc(/N=C/c2cc(Cl)cc(Br)c2O)n1. The van der Waals surface area contributed by atoms with Crippen LogP contribution in [0.5, 0.6) is 11.8 Å². The van der Waals surface area contributed by atoms with E-state index in [0.29, 0.717) is 20.9 Å². The van der Waals surface area contributed by atoms with Gasteiger partial charge < -0.3 is 9.84 Å². The lowest BCUT2D eigenvalue weighted by Crippen LogP contribution is -1.97. The predicted molar refractivity (Wildman–Crippen MR) is 79.2 cm³/mol. The Kier molecular flexibility index (Phi) is 4.51. The second-order valence-electron chi connectivity index (χ2n) is 3.75. The number of phenols is 1. The third-order valence-corrected chi connectivity index (χ3v) is 3.10. The number of aliphatic imine (C=N–C) groups is 1. The highest BCUT2D eigenvalue weighted by Gasteiger charge is 2.06. The molecule has 8 heteroatoms. The largest absolute Gasteiger partial charge is 0.506 e. The van der Waals surface area contributed by atoms with Gasteiger partial charge in [-0.15, -0.1) is 0 Å². The lowest BCUT2D eigenvalue weighted by atomic mass is 10.2. The summed E-state index contributed by atoms with van der Waals surface area (Å²) >= 11 is 9.11. The quantitative estimate of drug-likeness (QED) is 0.854. The number of hydrogen-bond donors (Lipinski definition) is 1. The molecule has 2 aromatic rings. The van der Waals surface area contributed by atoms with E-state index in [1.165, 1.54) is 13.3 Å². The average Bonchev–Trinajstić information content (AvgIpc) is 2.40. The van der Waals surface area contributed by atoms with Crippen LogP contribution in [0.25, 0.3) is 0 Å². The van der Waals surface area contributed by atoms with Crippen molar-refractivity contribution in [3.05, 3.63) is 33.0 Å². The van der Waals surface area contributed by atoms with Crippen molar-refractivity contribution in [2.75, 3.05) is 7.11 Å². The van der Waals surface area contributed by atoms with Crippen LogP contribution in [0.2, 0.25) is 5.02 Å². The first-order valence-electron chi connectivity index (χ1n) is 5.48. The van der Waals surface area contributed by atoms with Gasteiger partial charge in [0, 0.05) is 16.8 Å². The maximum Gasteiger partial charge on any atom is 0.321 e. The Bertz CT molecular complexity index is 679. The number of nitrogens with zero attached hydrogens (tertiary/aromatic N) is 4. The first-order valence-corrected chi connectivity index (χ1v) is 6.65. The lowest BCUT2D eigenvalue weighted by Gasteiger charge is -2.03. The monoisotopic (exact) mass is 356 g/mol. The maximum absolute atomic E-state index is 9.88. The highest BCUT2D eigenvalue weighted by molar-refractivity contribution is 9.10. The third kappa shape index (κ3) is 3.43. The number of aromatic hydroxyl groups is 1. The Morgan fingerprint density at radius 3 is 2.80 bits per heavy atom. The minimum absolute atomic E-state index is 0.0379. The molecule has 0 fully saturated rings. The van der Waals surface area contributed by atoms with Gasteiger partial charge in [-0.2, -0.15) is 15.0 Å². The zero-order chi connectivity index (χ0) is 14.7. The van der Waals surface area contributed by atoms with Gasteiger partial charge in [-0.1, -0.05) is 11.6 Å². The van der Waals surface area contributed by atoms with Crippen LogP contribution in [0.4, 0.5) is 5.95 Å². The molecule has 0 unspecified atom stereocenters. The average molecular weight is 358 g/mol. The van der Waals surface area contributed by atoms with Crippen LogP contribution < -0.4 is 4.74 Å². The van der Waals surface area contributed by atoms with Gasteiger partial charge in [0.1, 0.15) is 11.6 Å². The summed E-state index contributed by atoms with van der Waals surface area (Å²) < 4.78 is 5.42. The van der Waals surface area contributed by atoms with Crippen LogP contribution in [-0.4, -0.2) is 33.4 Å². The maximum atomic E-state index is 9.88. The Balaban J connectivity index is 2.36. The van der Waals surface area contributed by atoms with Gasteiger partial charge in [0.25, 0.3) is 5.95 Å². The van der Waals surface area contributed by atoms with Crippen LogP contribution in [0, 0.1) is 6.92 Å². The number of methoxy groups -OCH3 is 1. The van der Waals surface area contributed by atoms with Crippen LogP contribution in [0.3, 0.4) is 0 Å². The van der Waals surface area contributed by atoms with Crippen LogP contribution in [0.15, 0.2) is 21.6 Å². The summed E-state index contributed by atoms with van der Waals surface area (Å²) in [4.78, 5) is 16.1. The van der Waals surface area contributed by atoms with Crippen LogP contribution in [-0.2, 0) is 0 Å². The van der Waals surface area contributed by atoms with Crippen molar-refractivity contribution in [2.24, 2.45) is 4.99 Å². The second kappa shape index (κ2) is 6.15. The van der Waals surface area contributed by atoms with E-state index in [-0.39, 0.29) is 17.7 Å². The number of rotatable bonds is 3. The van der Waals surface area contributed by atoms with E-state index in [9.17, 15) is 5.11 Å². The molecule has 1 N–H and O–H groups in total. The second-order valence-corrected chi connectivity index (χ2v) is 5.04. The standard InChI is InChI=1S/C12H10BrClN4O2/c1-6-16-11(18-12(17-6)20-2)15-5-7-3-8(14)4-9(13)10(7)19/h3-5,19H,1-2H3/b15-5+. The van der Waals surface area contributed by atoms with E-state index in [4.69, 9.17) is 16.3 Å². The normalized spacial score (nSPS) is 11.0. The van der Waals surface area contributed by atoms with Crippen LogP contribution >= 0.6 is 27.5 Å². The van der Waals surface area contributed by atoms with Crippen molar-refractivity contribution in [3.63, 3.8) is 0 Å². The molecule has 0 bridgehead atoms. The number of ether oxygens (including phenoxy) is 1. The van der Waals surface area contributed by atoms with Gasteiger partial charge in [0.15, 0.2) is 0 Å². The summed E-state index contributed by atoms with van der Waals surface area (Å²) in [6, 6.07) is 3.35. The van der Waals surface area contributed by atoms with E-state index in [1.807, 2.05) is 0 Å². The molecule has 0 aliphatic rings. The number of aromatic nitrogens is 3. The van der Waals surface area contributed by atoms with Crippen molar-refractivity contribution < 1.29 is 9.84 Å². The molecule has 0 aliphatic carbocycles. The first-order chi connectivity index (χ1) is 9.49. The Hall–Kier alpha value is -1.73. The number of aryl methyl sites for hydroxylation is 1. The van der Waals surface area contributed by atoms with Crippen molar-refractivity contribution in [2.45, 2.75) is 6.92 Å². The van der Waals surface area contributed by atoms with Crippen molar-refractivity contribution in [1.29, 1.82) is 0 Å². The molecule has 0 atom stereocenters. The van der Waals surface area contributed by atoms with Gasteiger partial charge >= 0.3 is 6.01 Å². The molecule has 20 heavy (non-hydrogen) atoms. The molecule has 0 saturated carbocycles. The fourth-order valence-corrected chi connectivity index (χ4v) is 2.24. The fraction of sp³-hybridized carbons (Fsp3) is 0.167. The van der Waals surface area contributed by atoms with Gasteiger partial charge in [-0.3, -0.25) is 0 Å². The molecule has 0 spiro atoms. The van der Waals surface area contributed by atoms with Crippen molar-refractivity contribution in [1.82, 2.24) is 15.0 Å². The summed E-state index contributed by atoms with van der Waals surface area (Å²) in [5.74, 6) is 0.709. The smallest absolute Gasteiger partial charge is 0.321 e. The molecule has 6 nitrogen and oxygen atoms in total. The highest BCUT2D eigenvalue weighted by atomic mass is 79.9. The minimum Gasteiger partial charge on any atom is -0.506 e. The number of hydrogen-bond acceptors (Lipinski definition) is 6. The van der Waals surface area contributed by atoms with Gasteiger partial charge in [0.2, 0.25) is 0 Å².